The smallest absolute Gasteiger partial charge is 0.143 e. The van der Waals surface area contributed by atoms with Crippen molar-refractivity contribution in [3.05, 3.63) is 212 Å². The Kier molecular flexibility index (Phi) is 7.82. The second-order valence-electron chi connectivity index (χ2n) is 14.5. The van der Waals surface area contributed by atoms with Crippen LogP contribution in [0.5, 0.6) is 0 Å². The van der Waals surface area contributed by atoms with E-state index < -0.39 is 0 Å². The van der Waals surface area contributed by atoms with Crippen LogP contribution < -0.4 is 4.90 Å². The summed E-state index contributed by atoms with van der Waals surface area (Å²) < 4.78 is 13.1. The lowest BCUT2D eigenvalue weighted by Gasteiger charge is -2.26. The number of rotatable bonds is 7. The highest BCUT2D eigenvalue weighted by atomic mass is 16.3. The van der Waals surface area contributed by atoms with E-state index >= 15 is 0 Å². The molecule has 11 rings (SSSR count). The van der Waals surface area contributed by atoms with Gasteiger partial charge in [-0.05, 0) is 100 Å². The number of hydrogen-bond acceptors (Lipinski definition) is 3. The number of para-hydroxylation sites is 5. The molecule has 11 aromatic rings. The van der Waals surface area contributed by atoms with Crippen molar-refractivity contribution in [2.24, 2.45) is 0 Å². The third kappa shape index (κ3) is 5.76. The first-order valence-corrected chi connectivity index (χ1v) is 19.3. The fraction of sp³-hybridized carbons (Fsp3) is 0. The van der Waals surface area contributed by atoms with Crippen molar-refractivity contribution in [1.29, 1.82) is 0 Å². The van der Waals surface area contributed by atoms with Crippen LogP contribution in [0.25, 0.3) is 88.4 Å². The van der Waals surface area contributed by atoms with Gasteiger partial charge in [0.05, 0.1) is 0 Å². The first-order valence-electron chi connectivity index (χ1n) is 19.3. The topological polar surface area (TPSA) is 29.5 Å². The lowest BCUT2D eigenvalue weighted by Crippen LogP contribution is -2.09. The minimum Gasteiger partial charge on any atom is -0.455 e. The van der Waals surface area contributed by atoms with Crippen molar-refractivity contribution in [2.75, 3.05) is 4.90 Å². The molecule has 2 aromatic heterocycles. The summed E-state index contributed by atoms with van der Waals surface area (Å²) in [5, 5.41) is 4.45. The van der Waals surface area contributed by atoms with Gasteiger partial charge >= 0.3 is 0 Å². The van der Waals surface area contributed by atoms with Gasteiger partial charge in [-0.25, -0.2) is 0 Å². The van der Waals surface area contributed by atoms with E-state index in [1.54, 1.807) is 0 Å². The number of anilines is 3. The van der Waals surface area contributed by atoms with E-state index in [4.69, 9.17) is 8.83 Å². The lowest BCUT2D eigenvalue weighted by atomic mass is 9.92. The van der Waals surface area contributed by atoms with Gasteiger partial charge in [-0.3, -0.25) is 0 Å². The summed E-state index contributed by atoms with van der Waals surface area (Å²) in [5.74, 6) is 0. The van der Waals surface area contributed by atoms with E-state index in [9.17, 15) is 0 Å². The maximum absolute atomic E-state index is 6.57. The van der Waals surface area contributed by atoms with Gasteiger partial charge in [0.2, 0.25) is 0 Å². The Bertz CT molecular complexity index is 3080. The van der Waals surface area contributed by atoms with Crippen LogP contribution in [-0.2, 0) is 0 Å². The Morgan fingerprint density at radius 3 is 1.18 bits per heavy atom. The van der Waals surface area contributed by atoms with Crippen molar-refractivity contribution in [2.45, 2.75) is 0 Å². The molecular formula is C54H35NO2. The molecule has 57 heavy (non-hydrogen) atoms. The van der Waals surface area contributed by atoms with Gasteiger partial charge in [0.1, 0.15) is 22.3 Å². The second kappa shape index (κ2) is 13.6. The number of benzene rings is 9. The molecule has 2 heterocycles. The number of furan rings is 2. The van der Waals surface area contributed by atoms with E-state index in [0.29, 0.717) is 0 Å². The quantitative estimate of drug-likeness (QED) is 0.164. The van der Waals surface area contributed by atoms with Crippen LogP contribution in [0.2, 0.25) is 0 Å². The highest BCUT2D eigenvalue weighted by molar-refractivity contribution is 6.11. The molecule has 9 aromatic carbocycles. The van der Waals surface area contributed by atoms with E-state index in [0.717, 1.165) is 94.3 Å². The third-order valence-electron chi connectivity index (χ3n) is 11.1. The minimum atomic E-state index is 0.885. The molecule has 0 aliphatic carbocycles. The van der Waals surface area contributed by atoms with Crippen molar-refractivity contribution in [3.8, 4) is 44.5 Å². The van der Waals surface area contributed by atoms with Gasteiger partial charge in [-0.2, -0.15) is 0 Å². The Morgan fingerprint density at radius 2 is 0.649 bits per heavy atom. The molecule has 0 N–H and O–H groups in total. The fourth-order valence-corrected chi connectivity index (χ4v) is 8.32. The summed E-state index contributed by atoms with van der Waals surface area (Å²) in [6.07, 6.45) is 0. The summed E-state index contributed by atoms with van der Waals surface area (Å²) in [5.41, 5.74) is 15.7. The molecule has 0 saturated carbocycles. The Morgan fingerprint density at radius 1 is 0.263 bits per heavy atom. The summed E-state index contributed by atoms with van der Waals surface area (Å²) >= 11 is 0. The van der Waals surface area contributed by atoms with Crippen molar-refractivity contribution >= 4 is 60.9 Å². The molecule has 3 heteroatoms. The van der Waals surface area contributed by atoms with Crippen LogP contribution in [0, 0.1) is 0 Å². The van der Waals surface area contributed by atoms with Crippen molar-refractivity contribution in [1.82, 2.24) is 0 Å². The summed E-state index contributed by atoms with van der Waals surface area (Å²) in [6, 6.07) is 75.1. The SMILES string of the molecule is c1ccc(-c2ccc(N(c3ccccc3)c3ccc(-c4cc(-c5cccc6c5oc5ccccc56)cc(-c5cccc6c5oc5ccccc56)c4)cc3)cc2)cc1. The van der Waals surface area contributed by atoms with E-state index in [1.165, 1.54) is 11.1 Å². The van der Waals surface area contributed by atoms with Crippen LogP contribution in [0.1, 0.15) is 0 Å². The van der Waals surface area contributed by atoms with E-state index in [-0.39, 0.29) is 0 Å². The van der Waals surface area contributed by atoms with Crippen LogP contribution in [0.4, 0.5) is 17.1 Å². The van der Waals surface area contributed by atoms with E-state index in [2.05, 4.69) is 193 Å². The zero-order chi connectivity index (χ0) is 37.7. The molecule has 0 fully saturated rings. The molecule has 0 saturated heterocycles. The van der Waals surface area contributed by atoms with Gasteiger partial charge in [-0.1, -0.05) is 146 Å². The second-order valence-corrected chi connectivity index (χ2v) is 14.5. The summed E-state index contributed by atoms with van der Waals surface area (Å²) in [4.78, 5) is 2.31. The molecule has 3 nitrogen and oxygen atoms in total. The average Bonchev–Trinajstić information content (AvgIpc) is 3.86. The highest BCUT2D eigenvalue weighted by Gasteiger charge is 2.18. The Balaban J connectivity index is 1.06. The largest absolute Gasteiger partial charge is 0.455 e. The highest BCUT2D eigenvalue weighted by Crippen LogP contribution is 2.43. The minimum absolute atomic E-state index is 0.885. The summed E-state index contributed by atoms with van der Waals surface area (Å²) in [7, 11) is 0. The average molecular weight is 730 g/mol. The maximum Gasteiger partial charge on any atom is 0.143 e. The zero-order valence-electron chi connectivity index (χ0n) is 31.0. The predicted molar refractivity (Wildman–Crippen MR) is 237 cm³/mol. The lowest BCUT2D eigenvalue weighted by molar-refractivity contribution is 0.670. The number of hydrogen-bond donors (Lipinski definition) is 0. The molecule has 0 unspecified atom stereocenters. The van der Waals surface area contributed by atoms with Gasteiger partial charge < -0.3 is 13.7 Å². The summed E-state index contributed by atoms with van der Waals surface area (Å²) in [6.45, 7) is 0. The van der Waals surface area contributed by atoms with Gasteiger partial charge in [-0.15, -0.1) is 0 Å². The molecule has 0 atom stereocenters. The number of fused-ring (bicyclic) bond motifs is 6. The molecule has 0 radical (unpaired) electrons. The van der Waals surface area contributed by atoms with Crippen molar-refractivity contribution < 1.29 is 8.83 Å². The molecule has 0 aliphatic heterocycles. The van der Waals surface area contributed by atoms with Gasteiger partial charge in [0.25, 0.3) is 0 Å². The standard InChI is InChI=1S/C54H35NO2/c1-3-13-36(14-4-1)37-25-29-43(30-26-37)55(42-15-5-2-6-16-42)44-31-27-38(28-32-44)39-33-40(45-19-11-21-49-47-17-7-9-23-51(47)56-53(45)49)35-41(34-39)46-20-12-22-50-48-18-8-10-24-52(48)57-54(46)50/h1-35H. The third-order valence-corrected chi connectivity index (χ3v) is 11.1. The van der Waals surface area contributed by atoms with Gasteiger partial charge in [0.15, 0.2) is 0 Å². The first kappa shape index (κ1) is 32.8. The number of nitrogens with zero attached hydrogens (tertiary/aromatic N) is 1. The van der Waals surface area contributed by atoms with Crippen LogP contribution in [0.3, 0.4) is 0 Å². The fourth-order valence-electron chi connectivity index (χ4n) is 8.32. The molecule has 268 valence electrons. The molecule has 0 bridgehead atoms. The van der Waals surface area contributed by atoms with Crippen LogP contribution in [0.15, 0.2) is 221 Å². The Labute approximate surface area is 330 Å². The first-order chi connectivity index (χ1) is 28.2. The van der Waals surface area contributed by atoms with E-state index in [1.807, 2.05) is 24.3 Å². The molecular weight excluding hydrogens is 695 g/mol. The zero-order valence-corrected chi connectivity index (χ0v) is 31.0. The molecule has 0 aliphatic rings. The van der Waals surface area contributed by atoms with Crippen LogP contribution >= 0.6 is 0 Å². The normalized spacial score (nSPS) is 11.5. The van der Waals surface area contributed by atoms with Crippen LogP contribution in [-0.4, -0.2) is 0 Å². The maximum atomic E-state index is 6.57. The molecule has 0 spiro atoms. The van der Waals surface area contributed by atoms with Gasteiger partial charge in [0, 0.05) is 49.7 Å². The Hall–Kier alpha value is -7.62. The molecule has 0 amide bonds. The van der Waals surface area contributed by atoms with Crippen molar-refractivity contribution in [3.63, 3.8) is 0 Å². The monoisotopic (exact) mass is 729 g/mol. The predicted octanol–water partition coefficient (Wildman–Crippen LogP) is 15.6.